The molecule has 6 aromatic carbocycles. The molecular formula is C44H28N4S. The van der Waals surface area contributed by atoms with Crippen molar-refractivity contribution in [1.82, 2.24) is 0 Å². The fraction of sp³-hybridized carbons (Fsp3) is 0.0455. The second-order valence-corrected chi connectivity index (χ2v) is 13.8. The molecule has 49 heavy (non-hydrogen) atoms. The van der Waals surface area contributed by atoms with Crippen molar-refractivity contribution in [3.05, 3.63) is 185 Å². The van der Waals surface area contributed by atoms with Gasteiger partial charge in [0.05, 0.1) is 22.7 Å². The molecule has 230 valence electrons. The van der Waals surface area contributed by atoms with Gasteiger partial charge >= 0.3 is 0 Å². The van der Waals surface area contributed by atoms with E-state index in [4.69, 9.17) is 4.99 Å². The van der Waals surface area contributed by atoms with E-state index in [0.29, 0.717) is 5.56 Å². The molecule has 0 saturated heterocycles. The summed E-state index contributed by atoms with van der Waals surface area (Å²) in [4.78, 5) is 7.13. The normalized spacial score (nSPS) is 16.3. The highest BCUT2D eigenvalue weighted by molar-refractivity contribution is 7.23. The zero-order valence-corrected chi connectivity index (χ0v) is 27.2. The highest BCUT2D eigenvalue weighted by Crippen LogP contribution is 2.57. The zero-order valence-electron chi connectivity index (χ0n) is 26.3. The molecule has 1 atom stereocenters. The number of aliphatic imine (C=N–C) groups is 1. The van der Waals surface area contributed by atoms with Crippen molar-refractivity contribution in [3.8, 4) is 28.3 Å². The third-order valence-electron chi connectivity index (χ3n) is 10.2. The largest absolute Gasteiger partial charge is 0.344 e. The van der Waals surface area contributed by atoms with Gasteiger partial charge in [0.2, 0.25) is 6.29 Å². The van der Waals surface area contributed by atoms with Gasteiger partial charge < -0.3 is 5.32 Å². The average Bonchev–Trinajstić information content (AvgIpc) is 3.81. The summed E-state index contributed by atoms with van der Waals surface area (Å²) in [7, 11) is 0. The van der Waals surface area contributed by atoms with Gasteiger partial charge in [0.1, 0.15) is 5.00 Å². The van der Waals surface area contributed by atoms with E-state index in [9.17, 15) is 5.26 Å². The topological polar surface area (TPSA) is 51.4 Å². The lowest BCUT2D eigenvalue weighted by atomic mass is 9.67. The fourth-order valence-corrected chi connectivity index (χ4v) is 9.14. The molecule has 0 radical (unpaired) electrons. The van der Waals surface area contributed by atoms with Crippen molar-refractivity contribution in [1.29, 1.82) is 5.26 Å². The molecule has 3 heterocycles. The highest BCUT2D eigenvalue weighted by atomic mass is 32.1. The Morgan fingerprint density at radius 1 is 0.673 bits per heavy atom. The monoisotopic (exact) mass is 644 g/mol. The number of thiophene rings is 1. The summed E-state index contributed by atoms with van der Waals surface area (Å²) in [5, 5.41) is 16.0. The van der Waals surface area contributed by atoms with Gasteiger partial charge in [-0.3, -0.25) is 4.90 Å². The van der Waals surface area contributed by atoms with Crippen molar-refractivity contribution < 1.29 is 0 Å². The van der Waals surface area contributed by atoms with Crippen molar-refractivity contribution in [2.24, 2.45) is 4.99 Å². The van der Waals surface area contributed by atoms with E-state index in [1.54, 1.807) is 11.3 Å². The Bertz CT molecular complexity index is 2500. The smallest absolute Gasteiger partial charge is 0.201 e. The highest BCUT2D eigenvalue weighted by Gasteiger charge is 2.46. The molecule has 1 aliphatic carbocycles. The number of hydrogen-bond acceptors (Lipinski definition) is 5. The summed E-state index contributed by atoms with van der Waals surface area (Å²) in [6.45, 7) is 0. The minimum atomic E-state index is -0.564. The van der Waals surface area contributed by atoms with Crippen LogP contribution in [-0.4, -0.2) is 12.5 Å². The van der Waals surface area contributed by atoms with Crippen LogP contribution in [0.25, 0.3) is 37.9 Å². The van der Waals surface area contributed by atoms with Crippen LogP contribution in [0.2, 0.25) is 0 Å². The van der Waals surface area contributed by atoms with Crippen LogP contribution in [0.1, 0.15) is 33.4 Å². The molecule has 0 bridgehead atoms. The van der Waals surface area contributed by atoms with Crippen LogP contribution in [0.15, 0.2) is 157 Å². The van der Waals surface area contributed by atoms with E-state index in [1.807, 2.05) is 12.3 Å². The van der Waals surface area contributed by atoms with Gasteiger partial charge in [0.15, 0.2) is 0 Å². The van der Waals surface area contributed by atoms with Crippen molar-refractivity contribution in [3.63, 3.8) is 0 Å². The Morgan fingerprint density at radius 3 is 2.04 bits per heavy atom. The summed E-state index contributed by atoms with van der Waals surface area (Å²) in [6, 6.07) is 54.2. The first-order valence-electron chi connectivity index (χ1n) is 16.5. The first-order valence-corrected chi connectivity index (χ1v) is 17.3. The second-order valence-electron chi connectivity index (χ2n) is 12.8. The number of fused-ring (bicyclic) bond motifs is 8. The standard InChI is InChI=1S/C44H28N4S/c45-25-28-15-21-35-36-22-20-31(24-39(36)44(38(35)23-28,33-9-3-1-4-10-33)34-11-5-2-6-12-34)29-16-18-30(19-17-29)32-26-46-43-47-41-37-13-7-8-14-40(37)49-42(41)48(43)27-32/h1-24,26-27,43,47H. The van der Waals surface area contributed by atoms with Crippen LogP contribution >= 0.6 is 11.3 Å². The molecule has 1 unspecified atom stereocenters. The lowest BCUT2D eigenvalue weighted by Crippen LogP contribution is -2.32. The summed E-state index contributed by atoms with van der Waals surface area (Å²) in [5.41, 5.74) is 12.9. The first kappa shape index (κ1) is 27.9. The maximum absolute atomic E-state index is 9.96. The van der Waals surface area contributed by atoms with Crippen LogP contribution in [0.5, 0.6) is 0 Å². The second kappa shape index (κ2) is 10.6. The fourth-order valence-electron chi connectivity index (χ4n) is 7.98. The molecule has 1 aromatic heterocycles. The Morgan fingerprint density at radius 2 is 1.31 bits per heavy atom. The summed E-state index contributed by atoms with van der Waals surface area (Å²) < 4.78 is 1.28. The van der Waals surface area contributed by atoms with Gasteiger partial charge in [-0.2, -0.15) is 5.26 Å². The molecule has 7 aromatic rings. The Balaban J connectivity index is 1.07. The molecular weight excluding hydrogens is 617 g/mol. The lowest BCUT2D eigenvalue weighted by molar-refractivity contribution is 0.768. The molecule has 0 spiro atoms. The maximum Gasteiger partial charge on any atom is 0.201 e. The van der Waals surface area contributed by atoms with Gasteiger partial charge in [-0.25, -0.2) is 4.99 Å². The van der Waals surface area contributed by atoms with E-state index in [1.165, 1.54) is 48.6 Å². The third-order valence-corrected chi connectivity index (χ3v) is 11.4. The SMILES string of the molecule is N#Cc1ccc2c(c1)C(c1ccccc1)(c1ccccc1)c1cc(-c3ccc(C4=CN5c6sc7ccccc7c6NC5N=C4)cc3)ccc1-2. The van der Waals surface area contributed by atoms with Gasteiger partial charge in [-0.1, -0.05) is 121 Å². The van der Waals surface area contributed by atoms with Gasteiger partial charge in [-0.05, 0) is 74.3 Å². The number of benzene rings is 6. The molecule has 2 aliphatic heterocycles. The quantitative estimate of drug-likeness (QED) is 0.207. The molecule has 0 saturated carbocycles. The predicted octanol–water partition coefficient (Wildman–Crippen LogP) is 10.4. The number of nitrogens with one attached hydrogen (secondary N) is 1. The number of nitriles is 1. The number of hydrogen-bond donors (Lipinski definition) is 1. The van der Waals surface area contributed by atoms with Crippen LogP contribution in [0, 0.1) is 11.3 Å². The molecule has 0 amide bonds. The number of nitrogens with zero attached hydrogens (tertiary/aromatic N) is 3. The molecule has 5 heteroatoms. The Labute approximate surface area is 288 Å². The van der Waals surface area contributed by atoms with E-state index in [-0.39, 0.29) is 6.29 Å². The van der Waals surface area contributed by atoms with Gasteiger partial charge in [0, 0.05) is 28.1 Å². The van der Waals surface area contributed by atoms with Gasteiger partial charge in [0.25, 0.3) is 0 Å². The molecule has 0 fully saturated rings. The van der Waals surface area contributed by atoms with Crippen molar-refractivity contribution in [2.45, 2.75) is 11.7 Å². The zero-order chi connectivity index (χ0) is 32.5. The molecule has 3 aliphatic rings. The van der Waals surface area contributed by atoms with Crippen molar-refractivity contribution >= 4 is 43.9 Å². The van der Waals surface area contributed by atoms with E-state index in [0.717, 1.165) is 27.8 Å². The van der Waals surface area contributed by atoms with Crippen LogP contribution < -0.4 is 10.2 Å². The maximum atomic E-state index is 9.96. The molecule has 1 N–H and O–H groups in total. The van der Waals surface area contributed by atoms with Crippen LogP contribution in [-0.2, 0) is 5.41 Å². The Hall–Kier alpha value is -6.22. The first-order chi connectivity index (χ1) is 24.2. The predicted molar refractivity (Wildman–Crippen MR) is 202 cm³/mol. The average molecular weight is 645 g/mol. The minimum absolute atomic E-state index is 0.108. The molecule has 4 nitrogen and oxygen atoms in total. The summed E-state index contributed by atoms with van der Waals surface area (Å²) in [5.74, 6) is 0. The Kier molecular flexibility index (Phi) is 6.05. The number of anilines is 2. The van der Waals surface area contributed by atoms with Gasteiger partial charge in [-0.15, -0.1) is 11.3 Å². The van der Waals surface area contributed by atoms with Crippen molar-refractivity contribution in [2.75, 3.05) is 10.2 Å². The molecule has 10 rings (SSSR count). The number of allylic oxidation sites excluding steroid dienone is 1. The van der Waals surface area contributed by atoms with E-state index >= 15 is 0 Å². The van der Waals surface area contributed by atoms with E-state index in [2.05, 4.69) is 162 Å². The third kappa shape index (κ3) is 4.05. The lowest BCUT2D eigenvalue weighted by Gasteiger charge is -2.34. The summed E-state index contributed by atoms with van der Waals surface area (Å²) in [6.07, 6.45) is 4.10. The van der Waals surface area contributed by atoms with Crippen LogP contribution in [0.4, 0.5) is 10.7 Å². The number of rotatable bonds is 4. The van der Waals surface area contributed by atoms with Crippen LogP contribution in [0.3, 0.4) is 0 Å². The summed E-state index contributed by atoms with van der Waals surface area (Å²) >= 11 is 1.80. The minimum Gasteiger partial charge on any atom is -0.344 e. The van der Waals surface area contributed by atoms with E-state index < -0.39 is 5.41 Å².